The number of hydrogen-bond acceptors (Lipinski definition) is 3. The molecule has 1 aromatic carbocycles. The predicted molar refractivity (Wildman–Crippen MR) is 89.6 cm³/mol. The fourth-order valence-electron chi connectivity index (χ4n) is 2.06. The Hall–Kier alpha value is -0.920. The molecule has 5 nitrogen and oxygen atoms in total. The molecule has 0 aliphatic heterocycles. The number of unbranched alkanes of at least 4 members (excludes halogenated alkanes) is 1. The summed E-state index contributed by atoms with van der Waals surface area (Å²) in [5, 5.41) is 8.98. The number of halogens is 1. The normalized spacial score (nSPS) is 13.3. The van der Waals surface area contributed by atoms with Crippen molar-refractivity contribution in [2.45, 2.75) is 51.0 Å². The second kappa shape index (κ2) is 8.08. The number of aromatic carboxylic acids is 1. The van der Waals surface area contributed by atoms with Gasteiger partial charge in [-0.2, -0.15) is 0 Å². The lowest BCUT2D eigenvalue weighted by molar-refractivity contribution is 0.0695. The van der Waals surface area contributed by atoms with Gasteiger partial charge in [-0.3, -0.25) is 0 Å². The first-order chi connectivity index (χ1) is 10.2. The first-order valence-electron chi connectivity index (χ1n) is 7.24. The molecule has 0 saturated heterocycles. The molecule has 1 rings (SSSR count). The van der Waals surface area contributed by atoms with Gasteiger partial charge in [0.25, 0.3) is 0 Å². The van der Waals surface area contributed by atoms with E-state index in [1.807, 2.05) is 13.8 Å². The topological polar surface area (TPSA) is 83.5 Å². The van der Waals surface area contributed by atoms with Gasteiger partial charge in [0.05, 0.1) is 10.5 Å². The van der Waals surface area contributed by atoms with Gasteiger partial charge >= 0.3 is 5.97 Å². The highest BCUT2D eigenvalue weighted by Crippen LogP contribution is 2.22. The van der Waals surface area contributed by atoms with Crippen molar-refractivity contribution in [2.75, 3.05) is 0 Å². The summed E-state index contributed by atoms with van der Waals surface area (Å²) in [6.45, 7) is 6.02. The molecule has 0 fully saturated rings. The standard InChI is InChI=1S/C15H22BrNO4S/c1-4-5-6-14(10(2)3)17-22(20,21)11-7-8-12(15(18)19)13(16)9-11/h7-10,14,17H,4-6H2,1-3H3,(H,18,19). The van der Waals surface area contributed by atoms with Crippen molar-refractivity contribution < 1.29 is 18.3 Å². The zero-order chi connectivity index (χ0) is 16.9. The molecule has 0 amide bonds. The van der Waals surface area contributed by atoms with Gasteiger partial charge in [-0.05, 0) is 46.5 Å². The van der Waals surface area contributed by atoms with Crippen molar-refractivity contribution in [1.82, 2.24) is 4.72 Å². The molecule has 1 atom stereocenters. The number of rotatable bonds is 8. The lowest BCUT2D eigenvalue weighted by Crippen LogP contribution is -2.38. The fraction of sp³-hybridized carbons (Fsp3) is 0.533. The van der Waals surface area contributed by atoms with E-state index in [4.69, 9.17) is 5.11 Å². The summed E-state index contributed by atoms with van der Waals surface area (Å²) in [4.78, 5) is 11.0. The van der Waals surface area contributed by atoms with Gasteiger partial charge in [0.2, 0.25) is 10.0 Å². The van der Waals surface area contributed by atoms with Gasteiger partial charge < -0.3 is 5.11 Å². The molecule has 124 valence electrons. The SMILES string of the molecule is CCCCC(NS(=O)(=O)c1ccc(C(=O)O)c(Br)c1)C(C)C. The van der Waals surface area contributed by atoms with Gasteiger partial charge in [-0.1, -0.05) is 33.6 Å². The monoisotopic (exact) mass is 391 g/mol. The van der Waals surface area contributed by atoms with Crippen molar-refractivity contribution in [2.24, 2.45) is 5.92 Å². The van der Waals surface area contributed by atoms with Gasteiger partial charge in [0.15, 0.2) is 0 Å². The Kier molecular flexibility index (Phi) is 7.02. The summed E-state index contributed by atoms with van der Waals surface area (Å²) < 4.78 is 27.9. The Bertz CT molecular complexity index is 628. The highest BCUT2D eigenvalue weighted by molar-refractivity contribution is 9.10. The molecule has 0 bridgehead atoms. The van der Waals surface area contributed by atoms with Crippen LogP contribution in [0.15, 0.2) is 27.6 Å². The van der Waals surface area contributed by atoms with Crippen LogP contribution in [-0.2, 0) is 10.0 Å². The number of sulfonamides is 1. The highest BCUT2D eigenvalue weighted by Gasteiger charge is 2.23. The summed E-state index contributed by atoms with van der Waals surface area (Å²) >= 11 is 3.10. The van der Waals surface area contributed by atoms with Crippen LogP contribution in [0.25, 0.3) is 0 Å². The number of nitrogens with one attached hydrogen (secondary N) is 1. The fourth-order valence-corrected chi connectivity index (χ4v) is 4.20. The van der Waals surface area contributed by atoms with Crippen LogP contribution in [0.2, 0.25) is 0 Å². The predicted octanol–water partition coefficient (Wildman–Crippen LogP) is 3.64. The number of carboxylic acids is 1. The van der Waals surface area contributed by atoms with Crippen LogP contribution in [0.4, 0.5) is 0 Å². The molecular weight excluding hydrogens is 370 g/mol. The van der Waals surface area contributed by atoms with Crippen LogP contribution >= 0.6 is 15.9 Å². The van der Waals surface area contributed by atoms with Crippen LogP contribution in [0, 0.1) is 5.92 Å². The Morgan fingerprint density at radius 1 is 1.36 bits per heavy atom. The first kappa shape index (κ1) is 19.1. The lowest BCUT2D eigenvalue weighted by Gasteiger charge is -2.22. The largest absolute Gasteiger partial charge is 0.478 e. The number of carbonyl (C=O) groups is 1. The number of carboxylic acid groups (broad SMARTS) is 1. The van der Waals surface area contributed by atoms with E-state index in [1.165, 1.54) is 18.2 Å². The molecule has 0 heterocycles. The Morgan fingerprint density at radius 2 is 2.00 bits per heavy atom. The summed E-state index contributed by atoms with van der Waals surface area (Å²) in [6.07, 6.45) is 2.73. The third-order valence-electron chi connectivity index (χ3n) is 3.46. The van der Waals surface area contributed by atoms with Crippen molar-refractivity contribution >= 4 is 31.9 Å². The van der Waals surface area contributed by atoms with Crippen molar-refractivity contribution in [1.29, 1.82) is 0 Å². The average Bonchev–Trinajstić information content (AvgIpc) is 2.42. The zero-order valence-corrected chi connectivity index (χ0v) is 15.4. The molecule has 1 aromatic rings. The van der Waals surface area contributed by atoms with Crippen molar-refractivity contribution in [3.8, 4) is 0 Å². The van der Waals surface area contributed by atoms with Crippen LogP contribution in [-0.4, -0.2) is 25.5 Å². The van der Waals surface area contributed by atoms with E-state index >= 15 is 0 Å². The molecule has 22 heavy (non-hydrogen) atoms. The summed E-state index contributed by atoms with van der Waals surface area (Å²) in [5.41, 5.74) is 0.0327. The second-order valence-corrected chi connectivity index (χ2v) is 8.13. The molecular formula is C15H22BrNO4S. The quantitative estimate of drug-likeness (QED) is 0.708. The number of benzene rings is 1. The van der Waals surface area contributed by atoms with E-state index in [2.05, 4.69) is 27.6 Å². The maximum atomic E-state index is 12.5. The van der Waals surface area contributed by atoms with E-state index in [9.17, 15) is 13.2 Å². The van der Waals surface area contributed by atoms with E-state index < -0.39 is 16.0 Å². The first-order valence-corrected chi connectivity index (χ1v) is 9.51. The minimum Gasteiger partial charge on any atom is -0.478 e. The average molecular weight is 392 g/mol. The van der Waals surface area contributed by atoms with Crippen LogP contribution in [0.3, 0.4) is 0 Å². The van der Waals surface area contributed by atoms with Crippen LogP contribution < -0.4 is 4.72 Å². The van der Waals surface area contributed by atoms with Crippen molar-refractivity contribution in [3.05, 3.63) is 28.2 Å². The molecule has 7 heteroatoms. The molecule has 1 unspecified atom stereocenters. The van der Waals surface area contributed by atoms with Gasteiger partial charge in [0.1, 0.15) is 0 Å². The molecule has 0 saturated carbocycles. The third kappa shape index (κ3) is 5.07. The maximum Gasteiger partial charge on any atom is 0.336 e. The number of hydrogen-bond donors (Lipinski definition) is 2. The molecule has 0 radical (unpaired) electrons. The van der Waals surface area contributed by atoms with E-state index in [1.54, 1.807) is 0 Å². The minimum absolute atomic E-state index is 0.0327. The zero-order valence-electron chi connectivity index (χ0n) is 13.0. The Labute approximate surface area is 140 Å². The van der Waals surface area contributed by atoms with E-state index in [-0.39, 0.29) is 26.9 Å². The van der Waals surface area contributed by atoms with Crippen LogP contribution in [0.5, 0.6) is 0 Å². The minimum atomic E-state index is -3.67. The van der Waals surface area contributed by atoms with Gasteiger partial charge in [0, 0.05) is 10.5 Å². The second-order valence-electron chi connectivity index (χ2n) is 5.56. The van der Waals surface area contributed by atoms with E-state index in [0.29, 0.717) is 0 Å². The molecule has 2 N–H and O–H groups in total. The summed E-state index contributed by atoms with van der Waals surface area (Å²) in [5.74, 6) is -0.921. The smallest absolute Gasteiger partial charge is 0.336 e. The van der Waals surface area contributed by atoms with Gasteiger partial charge in [-0.25, -0.2) is 17.9 Å². The molecule has 0 aliphatic rings. The Balaban J connectivity index is 3.03. The van der Waals surface area contributed by atoms with E-state index in [0.717, 1.165) is 19.3 Å². The summed E-state index contributed by atoms with van der Waals surface area (Å²) in [7, 11) is -3.67. The molecule has 0 aromatic heterocycles. The lowest BCUT2D eigenvalue weighted by atomic mass is 10.00. The van der Waals surface area contributed by atoms with Gasteiger partial charge in [-0.15, -0.1) is 0 Å². The molecule has 0 aliphatic carbocycles. The van der Waals surface area contributed by atoms with Crippen LogP contribution in [0.1, 0.15) is 50.4 Å². The Morgan fingerprint density at radius 3 is 2.45 bits per heavy atom. The summed E-state index contributed by atoms with van der Waals surface area (Å²) in [6, 6.07) is 3.79. The maximum absolute atomic E-state index is 12.5. The third-order valence-corrected chi connectivity index (χ3v) is 5.60. The van der Waals surface area contributed by atoms with Crippen molar-refractivity contribution in [3.63, 3.8) is 0 Å². The molecule has 0 spiro atoms. The highest BCUT2D eigenvalue weighted by atomic mass is 79.9.